The highest BCUT2D eigenvalue weighted by Crippen LogP contribution is 2.34. The molecule has 1 aromatic heterocycles. The minimum absolute atomic E-state index is 0.0940. The molecule has 150 valence electrons. The maximum absolute atomic E-state index is 12.5. The Hall–Kier alpha value is -1.83. The summed E-state index contributed by atoms with van der Waals surface area (Å²) in [5.74, 6) is 0.154. The Bertz CT molecular complexity index is 819. The van der Waals surface area contributed by atoms with E-state index in [-0.39, 0.29) is 11.7 Å². The molecule has 1 amide bonds. The zero-order chi connectivity index (χ0) is 20.1. The number of hydrogen-bond donors (Lipinski definition) is 1. The van der Waals surface area contributed by atoms with Crippen LogP contribution in [0.25, 0.3) is 0 Å². The van der Waals surface area contributed by atoms with E-state index >= 15 is 0 Å². The molecule has 0 atom stereocenters. The molecule has 0 radical (unpaired) electrons. The van der Waals surface area contributed by atoms with Crippen LogP contribution >= 0.6 is 23.4 Å². The van der Waals surface area contributed by atoms with Gasteiger partial charge in [-0.3, -0.25) is 4.79 Å². The molecule has 6 nitrogen and oxygen atoms in total. The van der Waals surface area contributed by atoms with Gasteiger partial charge in [-0.05, 0) is 38.6 Å². The van der Waals surface area contributed by atoms with Crippen LogP contribution in [0.3, 0.4) is 0 Å². The number of hydrogen-bond acceptors (Lipinski definition) is 6. The predicted molar refractivity (Wildman–Crippen MR) is 117 cm³/mol. The summed E-state index contributed by atoms with van der Waals surface area (Å²) in [5.41, 5.74) is 3.46. The van der Waals surface area contributed by atoms with Crippen molar-refractivity contribution in [1.29, 1.82) is 0 Å². The fourth-order valence-electron chi connectivity index (χ4n) is 3.30. The number of para-hydroxylation sites is 1. The number of aryl methyl sites for hydroxylation is 2. The minimum Gasteiger partial charge on any atom is -0.366 e. The number of amides is 1. The maximum Gasteiger partial charge on any atom is 0.234 e. The number of piperazine rings is 1. The number of carbonyl (C=O) groups excluding carboxylic acids is 1. The number of carbonyl (C=O) groups is 1. The van der Waals surface area contributed by atoms with Gasteiger partial charge in [0.05, 0.1) is 22.2 Å². The second kappa shape index (κ2) is 9.58. The molecule has 0 bridgehead atoms. The summed E-state index contributed by atoms with van der Waals surface area (Å²) in [6.45, 7) is 10.9. The third-order valence-corrected chi connectivity index (χ3v) is 5.84. The lowest BCUT2D eigenvalue weighted by Gasteiger charge is -2.36. The summed E-state index contributed by atoms with van der Waals surface area (Å²) in [4.78, 5) is 25.9. The van der Waals surface area contributed by atoms with Crippen molar-refractivity contribution in [3.8, 4) is 0 Å². The van der Waals surface area contributed by atoms with E-state index in [2.05, 4.69) is 32.0 Å². The number of aromatic nitrogens is 2. The van der Waals surface area contributed by atoms with Crippen molar-refractivity contribution in [2.45, 2.75) is 25.9 Å². The fourth-order valence-corrected chi connectivity index (χ4v) is 4.34. The third kappa shape index (κ3) is 5.37. The summed E-state index contributed by atoms with van der Waals surface area (Å²) in [7, 11) is 0. The van der Waals surface area contributed by atoms with Crippen molar-refractivity contribution in [3.05, 3.63) is 40.7 Å². The van der Waals surface area contributed by atoms with Gasteiger partial charge in [0.1, 0.15) is 0 Å². The van der Waals surface area contributed by atoms with E-state index in [1.54, 1.807) is 0 Å². The minimum atomic E-state index is -0.0940. The number of halogens is 1. The van der Waals surface area contributed by atoms with E-state index in [4.69, 9.17) is 11.6 Å². The molecule has 0 saturated carbocycles. The summed E-state index contributed by atoms with van der Waals surface area (Å²) in [6.07, 6.45) is 0. The predicted octanol–water partition coefficient (Wildman–Crippen LogP) is 3.62. The normalized spacial score (nSPS) is 14.9. The zero-order valence-electron chi connectivity index (χ0n) is 16.5. The van der Waals surface area contributed by atoms with Crippen LogP contribution in [0, 0.1) is 13.8 Å². The summed E-state index contributed by atoms with van der Waals surface area (Å²) in [6, 6.07) is 7.56. The van der Waals surface area contributed by atoms with Gasteiger partial charge in [0.15, 0.2) is 5.16 Å². The highest BCUT2D eigenvalue weighted by atomic mass is 35.5. The molecule has 1 fully saturated rings. The van der Waals surface area contributed by atoms with Gasteiger partial charge in [-0.2, -0.15) is 0 Å². The van der Waals surface area contributed by atoms with Crippen molar-refractivity contribution in [1.82, 2.24) is 14.9 Å². The van der Waals surface area contributed by atoms with Gasteiger partial charge in [-0.25, -0.2) is 9.97 Å². The second-order valence-corrected chi connectivity index (χ2v) is 8.18. The molecule has 1 saturated heterocycles. The van der Waals surface area contributed by atoms with Gasteiger partial charge >= 0.3 is 0 Å². The van der Waals surface area contributed by atoms with Crippen molar-refractivity contribution >= 4 is 40.6 Å². The van der Waals surface area contributed by atoms with E-state index in [1.807, 2.05) is 38.1 Å². The molecule has 2 aromatic rings. The van der Waals surface area contributed by atoms with Crippen molar-refractivity contribution in [2.24, 2.45) is 0 Å². The molecule has 1 aliphatic rings. The average Bonchev–Trinajstić information content (AvgIpc) is 2.66. The van der Waals surface area contributed by atoms with Crippen LogP contribution in [0.15, 0.2) is 29.4 Å². The van der Waals surface area contributed by atoms with Gasteiger partial charge in [-0.1, -0.05) is 36.4 Å². The van der Waals surface area contributed by atoms with Crippen molar-refractivity contribution in [3.63, 3.8) is 0 Å². The lowest BCUT2D eigenvalue weighted by atomic mass is 10.2. The molecule has 1 N–H and O–H groups in total. The highest BCUT2D eigenvalue weighted by Gasteiger charge is 2.21. The number of anilines is 2. The Labute approximate surface area is 175 Å². The lowest BCUT2D eigenvalue weighted by Crippen LogP contribution is -2.46. The fraction of sp³-hybridized carbons (Fsp3) is 0.450. The van der Waals surface area contributed by atoms with Crippen molar-refractivity contribution < 1.29 is 4.79 Å². The van der Waals surface area contributed by atoms with E-state index < -0.39 is 0 Å². The molecule has 1 aromatic carbocycles. The smallest absolute Gasteiger partial charge is 0.234 e. The van der Waals surface area contributed by atoms with Gasteiger partial charge in [0, 0.05) is 37.6 Å². The van der Waals surface area contributed by atoms with Gasteiger partial charge in [0.25, 0.3) is 0 Å². The zero-order valence-corrected chi connectivity index (χ0v) is 18.1. The van der Waals surface area contributed by atoms with Crippen LogP contribution in [0.4, 0.5) is 11.4 Å². The number of nitrogens with one attached hydrogen (secondary N) is 1. The number of rotatable bonds is 6. The molecule has 2 heterocycles. The SMILES string of the molecule is CCN1CCN(c2c(Cl)cccc2NC(=O)CSc2nc(C)cc(C)n2)CC1. The quantitative estimate of drug-likeness (QED) is 0.570. The summed E-state index contributed by atoms with van der Waals surface area (Å²) < 4.78 is 0. The van der Waals surface area contributed by atoms with Crippen LogP contribution in [-0.4, -0.2) is 59.3 Å². The molecule has 1 aliphatic heterocycles. The molecular formula is C20H26ClN5OS. The Morgan fingerprint density at radius 3 is 2.50 bits per heavy atom. The molecule has 8 heteroatoms. The number of benzene rings is 1. The number of thioether (sulfide) groups is 1. The first-order valence-electron chi connectivity index (χ1n) is 9.47. The van der Waals surface area contributed by atoms with E-state index in [0.717, 1.165) is 55.5 Å². The Morgan fingerprint density at radius 2 is 1.86 bits per heavy atom. The van der Waals surface area contributed by atoms with E-state index in [1.165, 1.54) is 11.8 Å². The monoisotopic (exact) mass is 419 g/mol. The largest absolute Gasteiger partial charge is 0.366 e. The van der Waals surface area contributed by atoms with Crippen LogP contribution in [0.1, 0.15) is 18.3 Å². The Balaban J connectivity index is 1.66. The molecular weight excluding hydrogens is 394 g/mol. The number of nitrogens with zero attached hydrogens (tertiary/aromatic N) is 4. The first-order valence-corrected chi connectivity index (χ1v) is 10.8. The first-order chi connectivity index (χ1) is 13.5. The first kappa shape index (κ1) is 20.9. The van der Waals surface area contributed by atoms with Crippen LogP contribution in [0.5, 0.6) is 0 Å². The molecule has 0 unspecified atom stereocenters. The Kier molecular flexibility index (Phi) is 7.15. The Morgan fingerprint density at radius 1 is 1.18 bits per heavy atom. The van der Waals surface area contributed by atoms with Gasteiger partial charge in [0.2, 0.25) is 5.91 Å². The van der Waals surface area contributed by atoms with Gasteiger partial charge in [-0.15, -0.1) is 0 Å². The molecule has 3 rings (SSSR count). The highest BCUT2D eigenvalue weighted by molar-refractivity contribution is 7.99. The lowest BCUT2D eigenvalue weighted by molar-refractivity contribution is -0.113. The summed E-state index contributed by atoms with van der Waals surface area (Å²) >= 11 is 7.83. The average molecular weight is 420 g/mol. The molecule has 0 aliphatic carbocycles. The van der Waals surface area contributed by atoms with Crippen LogP contribution in [-0.2, 0) is 4.79 Å². The number of likely N-dealkylation sites (N-methyl/N-ethyl adjacent to an activating group) is 1. The van der Waals surface area contributed by atoms with E-state index in [0.29, 0.717) is 10.2 Å². The van der Waals surface area contributed by atoms with E-state index in [9.17, 15) is 4.79 Å². The molecule has 0 spiro atoms. The standard InChI is InChI=1S/C20H26ClN5OS/c1-4-25-8-10-26(11-9-25)19-16(21)6-5-7-17(19)24-18(27)13-28-20-22-14(2)12-15(3)23-20/h5-7,12H,4,8-11,13H2,1-3H3,(H,24,27). The second-order valence-electron chi connectivity index (χ2n) is 6.83. The third-order valence-electron chi connectivity index (χ3n) is 4.69. The van der Waals surface area contributed by atoms with Crippen LogP contribution in [0.2, 0.25) is 5.02 Å². The van der Waals surface area contributed by atoms with Gasteiger partial charge < -0.3 is 15.1 Å². The topological polar surface area (TPSA) is 61.4 Å². The molecule has 28 heavy (non-hydrogen) atoms. The summed E-state index contributed by atoms with van der Waals surface area (Å²) in [5, 5.41) is 4.30. The maximum atomic E-state index is 12.5. The van der Waals surface area contributed by atoms with Crippen molar-refractivity contribution in [2.75, 3.05) is 48.7 Å². The van der Waals surface area contributed by atoms with Crippen LogP contribution < -0.4 is 10.2 Å².